The fourth-order valence-electron chi connectivity index (χ4n) is 0.861. The molecule has 1 heterocycles. The van der Waals surface area contributed by atoms with E-state index in [0.29, 0.717) is 11.4 Å². The zero-order chi connectivity index (χ0) is 11.5. The molecule has 7 heteroatoms. The Morgan fingerprint density at radius 1 is 1.47 bits per heavy atom. The number of pyridine rings is 1. The van der Waals surface area contributed by atoms with Crippen molar-refractivity contribution in [2.45, 2.75) is 19.0 Å². The fourth-order valence-corrected chi connectivity index (χ4v) is 1.22. The molecule has 0 aliphatic rings. The molecule has 0 spiro atoms. The van der Waals surface area contributed by atoms with Crippen LogP contribution in [0, 0.1) is 6.92 Å². The van der Waals surface area contributed by atoms with Gasteiger partial charge in [0, 0.05) is 5.69 Å². The number of aryl methyl sites for hydroxylation is 1. The van der Waals surface area contributed by atoms with E-state index in [0.717, 1.165) is 0 Å². The van der Waals surface area contributed by atoms with Crippen LogP contribution in [-0.2, 0) is 21.9 Å². The van der Waals surface area contributed by atoms with Crippen molar-refractivity contribution in [3.8, 4) is 0 Å². The maximum absolute atomic E-state index is 11.8. The first-order chi connectivity index (χ1) is 6.89. The summed E-state index contributed by atoms with van der Waals surface area (Å²) in [7, 11) is 0. The molecule has 0 aliphatic carbocycles. The van der Waals surface area contributed by atoms with Crippen molar-refractivity contribution < 1.29 is 21.6 Å². The van der Waals surface area contributed by atoms with Crippen LogP contribution in [0.25, 0.3) is 0 Å². The van der Waals surface area contributed by atoms with Crippen LogP contribution in [0.2, 0.25) is 0 Å². The van der Waals surface area contributed by atoms with E-state index in [4.69, 9.17) is 0 Å². The first-order valence-corrected chi connectivity index (χ1v) is 5.01. The average molecular weight is 239 g/mol. The molecule has 0 fully saturated rings. The molecule has 0 amide bonds. The predicted octanol–water partition coefficient (Wildman–Crippen LogP) is 2.09. The van der Waals surface area contributed by atoms with Gasteiger partial charge in [-0.05, 0) is 19.1 Å². The minimum absolute atomic E-state index is 0.313. The van der Waals surface area contributed by atoms with Crippen molar-refractivity contribution in [2.75, 3.05) is 0 Å². The maximum atomic E-state index is 11.8. The van der Waals surface area contributed by atoms with E-state index in [1.807, 2.05) is 0 Å². The van der Waals surface area contributed by atoms with E-state index in [1.165, 1.54) is 6.07 Å². The number of aromatic nitrogens is 1. The number of nitrogens with zero attached hydrogens (tertiary/aromatic N) is 1. The minimum Gasteiger partial charge on any atom is -0.277 e. The van der Waals surface area contributed by atoms with Crippen LogP contribution in [0.15, 0.2) is 18.2 Å². The van der Waals surface area contributed by atoms with Gasteiger partial charge in [0.25, 0.3) is 11.1 Å². The Bertz CT molecular complexity index is 367. The fraction of sp³-hybridized carbons (Fsp3) is 0.375. The summed E-state index contributed by atoms with van der Waals surface area (Å²) in [5.74, 6) is 0. The van der Waals surface area contributed by atoms with E-state index < -0.39 is 23.2 Å². The molecule has 1 aromatic rings. The first-order valence-electron chi connectivity index (χ1n) is 3.94. The van der Waals surface area contributed by atoms with Gasteiger partial charge in [0.15, 0.2) is 0 Å². The second-order valence-corrected chi connectivity index (χ2v) is 3.88. The summed E-state index contributed by atoms with van der Waals surface area (Å²) in [6.07, 6.45) is 0. The molecule has 15 heavy (non-hydrogen) atoms. The Hall–Kier alpha value is -0.950. The van der Waals surface area contributed by atoms with E-state index in [1.54, 1.807) is 19.1 Å². The van der Waals surface area contributed by atoms with Gasteiger partial charge in [0.2, 0.25) is 0 Å². The van der Waals surface area contributed by atoms with Gasteiger partial charge in [-0.25, -0.2) is 4.21 Å². The molecule has 0 bridgehead atoms. The predicted molar refractivity (Wildman–Crippen MR) is 48.0 cm³/mol. The summed E-state index contributed by atoms with van der Waals surface area (Å²) < 4.78 is 49.9. The summed E-state index contributed by atoms with van der Waals surface area (Å²) >= 11 is -3.28. The molecule has 1 rings (SSSR count). The van der Waals surface area contributed by atoms with Crippen molar-refractivity contribution >= 4 is 11.1 Å². The van der Waals surface area contributed by atoms with Crippen LogP contribution in [-0.4, -0.2) is 14.7 Å². The van der Waals surface area contributed by atoms with Gasteiger partial charge in [0.1, 0.15) is 6.61 Å². The van der Waals surface area contributed by atoms with Crippen molar-refractivity contribution in [3.63, 3.8) is 0 Å². The number of rotatable bonds is 3. The van der Waals surface area contributed by atoms with Crippen LogP contribution in [0.5, 0.6) is 0 Å². The molecule has 0 saturated heterocycles. The summed E-state index contributed by atoms with van der Waals surface area (Å²) in [5.41, 5.74) is -3.87. The van der Waals surface area contributed by atoms with Gasteiger partial charge < -0.3 is 0 Å². The lowest BCUT2D eigenvalue weighted by Gasteiger charge is -2.06. The summed E-state index contributed by atoms with van der Waals surface area (Å²) in [5, 5.41) is 0. The smallest absolute Gasteiger partial charge is 0.277 e. The highest BCUT2D eigenvalue weighted by Crippen LogP contribution is 2.21. The molecule has 1 atom stereocenters. The van der Waals surface area contributed by atoms with Crippen molar-refractivity contribution in [3.05, 3.63) is 29.6 Å². The van der Waals surface area contributed by atoms with Crippen LogP contribution < -0.4 is 0 Å². The van der Waals surface area contributed by atoms with Crippen LogP contribution in [0.3, 0.4) is 0 Å². The zero-order valence-corrected chi connectivity index (χ0v) is 8.56. The second-order valence-electron chi connectivity index (χ2n) is 2.71. The van der Waals surface area contributed by atoms with Gasteiger partial charge in [-0.1, -0.05) is 6.07 Å². The molecule has 0 aliphatic heterocycles. The Morgan fingerprint density at radius 2 is 2.13 bits per heavy atom. The third-order valence-corrected chi connectivity index (χ3v) is 2.16. The molecule has 84 valence electrons. The topological polar surface area (TPSA) is 39.2 Å². The van der Waals surface area contributed by atoms with E-state index in [9.17, 15) is 17.4 Å². The summed E-state index contributed by atoms with van der Waals surface area (Å²) in [6.45, 7) is 1.28. The normalized spacial score (nSPS) is 13.9. The third kappa shape index (κ3) is 3.96. The van der Waals surface area contributed by atoms with Crippen molar-refractivity contribution in [1.82, 2.24) is 4.98 Å². The lowest BCUT2D eigenvalue weighted by atomic mass is 10.3. The molecule has 0 radical (unpaired) electrons. The van der Waals surface area contributed by atoms with Crippen LogP contribution in [0.1, 0.15) is 11.4 Å². The number of alkyl halides is 3. The minimum atomic E-state index is -4.84. The van der Waals surface area contributed by atoms with Gasteiger partial charge in [-0.2, -0.15) is 13.2 Å². The van der Waals surface area contributed by atoms with Gasteiger partial charge in [-0.15, -0.1) is 0 Å². The Labute approximate surface area is 86.9 Å². The molecule has 1 aromatic heterocycles. The molecule has 0 unspecified atom stereocenters. The number of halogens is 3. The number of hydrogen-bond donors (Lipinski definition) is 0. The molecular formula is C8H8F3NO2S. The molecule has 0 aromatic carbocycles. The lowest BCUT2D eigenvalue weighted by Crippen LogP contribution is -2.18. The SMILES string of the molecule is Cc1cccc(CO[S@](=O)C(F)(F)F)n1. The van der Waals surface area contributed by atoms with E-state index in [-0.39, 0.29) is 0 Å². The Balaban J connectivity index is 2.55. The van der Waals surface area contributed by atoms with Gasteiger partial charge in [0.05, 0.1) is 5.69 Å². The lowest BCUT2D eigenvalue weighted by molar-refractivity contribution is -0.0477. The largest absolute Gasteiger partial charge is 0.497 e. The Kier molecular flexibility index (Phi) is 3.81. The van der Waals surface area contributed by atoms with Gasteiger partial charge >= 0.3 is 5.51 Å². The summed E-state index contributed by atoms with van der Waals surface area (Å²) in [6, 6.07) is 4.84. The first kappa shape index (κ1) is 12.1. The van der Waals surface area contributed by atoms with Crippen molar-refractivity contribution in [1.29, 1.82) is 0 Å². The highest BCUT2D eigenvalue weighted by atomic mass is 32.2. The van der Waals surface area contributed by atoms with Gasteiger partial charge in [-0.3, -0.25) is 9.17 Å². The third-order valence-electron chi connectivity index (χ3n) is 1.45. The number of hydrogen-bond acceptors (Lipinski definition) is 3. The zero-order valence-electron chi connectivity index (χ0n) is 7.75. The van der Waals surface area contributed by atoms with Crippen LogP contribution >= 0.6 is 0 Å². The highest BCUT2D eigenvalue weighted by molar-refractivity contribution is 7.81. The standard InChI is InChI=1S/C8H8F3NO2S/c1-6-3-2-4-7(12-6)5-14-15(13)8(9,10)11/h2-4H,5H2,1H3/t15-/m0/s1. The Morgan fingerprint density at radius 3 is 2.67 bits per heavy atom. The van der Waals surface area contributed by atoms with E-state index >= 15 is 0 Å². The summed E-state index contributed by atoms with van der Waals surface area (Å²) in [4.78, 5) is 3.90. The van der Waals surface area contributed by atoms with Crippen molar-refractivity contribution in [2.24, 2.45) is 0 Å². The van der Waals surface area contributed by atoms with E-state index in [2.05, 4.69) is 9.17 Å². The molecule has 0 saturated carbocycles. The highest BCUT2D eigenvalue weighted by Gasteiger charge is 2.38. The average Bonchev–Trinajstić information content (AvgIpc) is 2.12. The maximum Gasteiger partial charge on any atom is 0.497 e. The monoisotopic (exact) mass is 239 g/mol. The second kappa shape index (κ2) is 4.71. The van der Waals surface area contributed by atoms with Crippen LogP contribution in [0.4, 0.5) is 13.2 Å². The molecule has 3 nitrogen and oxygen atoms in total. The quantitative estimate of drug-likeness (QED) is 0.810. The molecular weight excluding hydrogens is 231 g/mol. The molecule has 0 N–H and O–H groups in total.